The van der Waals surface area contributed by atoms with Gasteiger partial charge in [-0.2, -0.15) is 4.98 Å². The van der Waals surface area contributed by atoms with Crippen molar-refractivity contribution in [2.45, 2.75) is 51.7 Å². The third-order valence-corrected chi connectivity index (χ3v) is 4.79. The average Bonchev–Trinajstić information content (AvgIpc) is 3.23. The van der Waals surface area contributed by atoms with Crippen molar-refractivity contribution >= 4 is 23.0 Å². The largest absolute Gasteiger partial charge is 0.388 e. The van der Waals surface area contributed by atoms with Crippen molar-refractivity contribution in [3.8, 4) is 0 Å². The number of nitrogens with one attached hydrogen (secondary N) is 2. The van der Waals surface area contributed by atoms with Crippen LogP contribution in [-0.4, -0.2) is 69.2 Å². The van der Waals surface area contributed by atoms with Crippen LogP contribution in [0.3, 0.4) is 0 Å². The van der Waals surface area contributed by atoms with Crippen molar-refractivity contribution in [3.05, 3.63) is 16.7 Å². The molecule has 0 radical (unpaired) electrons. The minimum Gasteiger partial charge on any atom is -0.388 e. The van der Waals surface area contributed by atoms with Gasteiger partial charge in [-0.1, -0.05) is 20.8 Å². The Hall–Kier alpha value is -2.34. The molecule has 160 valence electrons. The fraction of sp³-hybridized carbons (Fsp3) is 0.667. The number of carbonyl (C=O) groups is 1. The van der Waals surface area contributed by atoms with E-state index in [4.69, 9.17) is 14.2 Å². The number of aliphatic hydroxyl groups excluding tert-OH is 1. The number of hydrogen-bond donors (Lipinski definition) is 3. The summed E-state index contributed by atoms with van der Waals surface area (Å²) in [5.41, 5.74) is -0.168. The molecule has 2 aromatic heterocycles. The highest BCUT2D eigenvalue weighted by atomic mass is 16.6. The number of hydrogen-bond acceptors (Lipinski definition) is 8. The Balaban J connectivity index is 1.97. The first-order valence-corrected chi connectivity index (χ1v) is 9.59. The molecule has 29 heavy (non-hydrogen) atoms. The van der Waals surface area contributed by atoms with Crippen molar-refractivity contribution in [1.82, 2.24) is 19.5 Å². The summed E-state index contributed by atoms with van der Waals surface area (Å²) >= 11 is 0. The number of nitrogens with zero attached hydrogens (tertiary/aromatic N) is 3. The molecule has 3 N–H and O–H groups in total. The Bertz CT molecular complexity index is 910. The zero-order chi connectivity index (χ0) is 21.1. The first-order valence-electron chi connectivity index (χ1n) is 9.59. The van der Waals surface area contributed by atoms with Crippen LogP contribution in [0.4, 0.5) is 5.95 Å². The van der Waals surface area contributed by atoms with Crippen molar-refractivity contribution in [3.63, 3.8) is 0 Å². The molecule has 3 rings (SSSR count). The number of aromatic nitrogens is 4. The number of rotatable bonds is 8. The molecular weight excluding hydrogens is 382 g/mol. The van der Waals surface area contributed by atoms with E-state index < -0.39 is 30.1 Å². The topological polar surface area (TPSA) is 141 Å². The smallest absolute Gasteiger partial charge is 0.280 e. The van der Waals surface area contributed by atoms with Gasteiger partial charge in [0.05, 0.1) is 25.6 Å². The molecule has 0 bridgehead atoms. The lowest BCUT2D eigenvalue weighted by atomic mass is 10.1. The third kappa shape index (κ3) is 4.32. The van der Waals surface area contributed by atoms with Crippen LogP contribution < -0.4 is 10.9 Å². The summed E-state index contributed by atoms with van der Waals surface area (Å²) in [5.74, 6) is -0.540. The lowest BCUT2D eigenvalue weighted by Crippen LogP contribution is -2.35. The Kier molecular flexibility index (Phi) is 6.63. The molecule has 2 aromatic rings. The van der Waals surface area contributed by atoms with Crippen LogP contribution in [0.5, 0.6) is 0 Å². The SMILES string of the molecule is CC[C@H]1O[C@@H](n2cnc3c(=O)[nH]c(NC(=O)C(C)C)nc32)C(OCCOC)C1O. The lowest BCUT2D eigenvalue weighted by Gasteiger charge is -2.22. The first kappa shape index (κ1) is 21.4. The van der Waals surface area contributed by atoms with Crippen LogP contribution >= 0.6 is 0 Å². The van der Waals surface area contributed by atoms with E-state index in [-0.39, 0.29) is 35.5 Å². The normalized spacial score (nSPS) is 24.5. The van der Waals surface area contributed by atoms with E-state index in [1.54, 1.807) is 25.5 Å². The Morgan fingerprint density at radius 1 is 1.45 bits per heavy atom. The molecule has 1 aliphatic rings. The van der Waals surface area contributed by atoms with Gasteiger partial charge in [0.1, 0.15) is 12.2 Å². The van der Waals surface area contributed by atoms with Crippen molar-refractivity contribution in [1.29, 1.82) is 0 Å². The van der Waals surface area contributed by atoms with E-state index in [0.717, 1.165) is 0 Å². The molecule has 0 aromatic carbocycles. The van der Waals surface area contributed by atoms with Gasteiger partial charge in [0.15, 0.2) is 17.4 Å². The summed E-state index contributed by atoms with van der Waals surface area (Å²) in [6.45, 7) is 6.00. The molecule has 0 aliphatic carbocycles. The van der Waals surface area contributed by atoms with Gasteiger partial charge >= 0.3 is 0 Å². The van der Waals surface area contributed by atoms with Crippen molar-refractivity contribution < 1.29 is 24.1 Å². The number of anilines is 1. The molecule has 3 heterocycles. The number of methoxy groups -OCH3 is 1. The van der Waals surface area contributed by atoms with Gasteiger partial charge in [-0.15, -0.1) is 0 Å². The molecule has 1 amide bonds. The standard InChI is InChI=1S/C18H27N5O6/c1-5-10-12(24)13(28-7-6-27-4)17(29-10)23-8-19-11-14(23)20-18(22-16(11)26)21-15(25)9(2)3/h8-10,12-13,17,24H,5-7H2,1-4H3,(H2,20,21,22,25,26)/t10-,12?,13?,17-/m1/s1. The van der Waals surface area contributed by atoms with Crippen LogP contribution in [0.2, 0.25) is 0 Å². The second-order valence-corrected chi connectivity index (χ2v) is 7.17. The number of carbonyl (C=O) groups excluding carboxylic acids is 1. The van der Waals surface area contributed by atoms with E-state index in [1.807, 2.05) is 6.92 Å². The molecule has 1 fully saturated rings. The highest BCUT2D eigenvalue weighted by Gasteiger charge is 2.45. The van der Waals surface area contributed by atoms with Gasteiger partial charge in [-0.25, -0.2) is 4.98 Å². The maximum atomic E-state index is 12.4. The summed E-state index contributed by atoms with van der Waals surface area (Å²) in [6, 6.07) is 0. The summed E-state index contributed by atoms with van der Waals surface area (Å²) in [5, 5.41) is 13.2. The number of aromatic amines is 1. The first-order chi connectivity index (χ1) is 13.9. The summed E-state index contributed by atoms with van der Waals surface area (Å²) in [6.07, 6.45) is -0.725. The average molecular weight is 409 g/mol. The fourth-order valence-electron chi connectivity index (χ4n) is 3.16. The number of H-pyrrole nitrogens is 1. The summed E-state index contributed by atoms with van der Waals surface area (Å²) in [4.78, 5) is 35.4. The number of ether oxygens (including phenoxy) is 3. The van der Waals surface area contributed by atoms with Gasteiger partial charge < -0.3 is 19.3 Å². The molecule has 1 saturated heterocycles. The molecular formula is C18H27N5O6. The van der Waals surface area contributed by atoms with E-state index in [2.05, 4.69) is 20.3 Å². The minimum atomic E-state index is -0.860. The zero-order valence-corrected chi connectivity index (χ0v) is 16.9. The van der Waals surface area contributed by atoms with Crippen LogP contribution in [0.1, 0.15) is 33.4 Å². The third-order valence-electron chi connectivity index (χ3n) is 4.79. The van der Waals surface area contributed by atoms with E-state index in [1.165, 1.54) is 6.33 Å². The molecule has 11 nitrogen and oxygen atoms in total. The Morgan fingerprint density at radius 3 is 2.86 bits per heavy atom. The summed E-state index contributed by atoms with van der Waals surface area (Å²) < 4.78 is 18.3. The van der Waals surface area contributed by atoms with Crippen molar-refractivity contribution in [2.24, 2.45) is 5.92 Å². The van der Waals surface area contributed by atoms with Crippen LogP contribution in [0.15, 0.2) is 11.1 Å². The van der Waals surface area contributed by atoms with E-state index >= 15 is 0 Å². The maximum Gasteiger partial charge on any atom is 0.280 e. The van der Waals surface area contributed by atoms with Gasteiger partial charge in [0, 0.05) is 13.0 Å². The lowest BCUT2D eigenvalue weighted by molar-refractivity contribution is -0.118. The molecule has 0 spiro atoms. The van der Waals surface area contributed by atoms with E-state index in [0.29, 0.717) is 13.0 Å². The van der Waals surface area contributed by atoms with Crippen LogP contribution in [-0.2, 0) is 19.0 Å². The predicted molar refractivity (Wildman–Crippen MR) is 103 cm³/mol. The molecule has 4 atom stereocenters. The Labute approximate surface area is 167 Å². The van der Waals surface area contributed by atoms with Gasteiger partial charge in [-0.3, -0.25) is 24.5 Å². The minimum absolute atomic E-state index is 0.0189. The van der Waals surface area contributed by atoms with E-state index in [9.17, 15) is 14.7 Å². The Morgan fingerprint density at radius 2 is 2.21 bits per heavy atom. The van der Waals surface area contributed by atoms with Crippen LogP contribution in [0.25, 0.3) is 11.2 Å². The maximum absolute atomic E-state index is 12.4. The number of imidazole rings is 1. The number of aliphatic hydroxyl groups is 1. The quantitative estimate of drug-likeness (QED) is 0.533. The monoisotopic (exact) mass is 409 g/mol. The second-order valence-electron chi connectivity index (χ2n) is 7.17. The second kappa shape index (κ2) is 8.99. The highest BCUT2D eigenvalue weighted by molar-refractivity contribution is 5.91. The fourth-order valence-corrected chi connectivity index (χ4v) is 3.16. The molecule has 2 unspecified atom stereocenters. The molecule has 11 heteroatoms. The molecule has 1 aliphatic heterocycles. The van der Waals surface area contributed by atoms with Gasteiger partial charge in [0.25, 0.3) is 5.56 Å². The van der Waals surface area contributed by atoms with Crippen LogP contribution in [0, 0.1) is 5.92 Å². The number of amides is 1. The zero-order valence-electron chi connectivity index (χ0n) is 16.9. The van der Waals surface area contributed by atoms with Crippen molar-refractivity contribution in [2.75, 3.05) is 25.6 Å². The molecule has 0 saturated carbocycles. The van der Waals surface area contributed by atoms with Gasteiger partial charge in [0.2, 0.25) is 11.9 Å². The predicted octanol–water partition coefficient (Wildman–Crippen LogP) is 0.414. The highest BCUT2D eigenvalue weighted by Crippen LogP contribution is 2.34. The summed E-state index contributed by atoms with van der Waals surface area (Å²) in [7, 11) is 1.56. The number of fused-ring (bicyclic) bond motifs is 1. The van der Waals surface area contributed by atoms with Gasteiger partial charge in [-0.05, 0) is 6.42 Å².